The third-order valence-electron chi connectivity index (χ3n) is 5.40. The molecule has 22 heavy (non-hydrogen) atoms. The second kappa shape index (κ2) is 5.43. The van der Waals surface area contributed by atoms with Crippen LogP contribution < -0.4 is 5.32 Å². The van der Waals surface area contributed by atoms with Crippen molar-refractivity contribution < 1.29 is 9.21 Å². The van der Waals surface area contributed by atoms with Gasteiger partial charge in [-0.25, -0.2) is 0 Å². The Labute approximate surface area is 130 Å². The molecule has 0 aliphatic carbocycles. The molecule has 2 unspecified atom stereocenters. The van der Waals surface area contributed by atoms with Crippen LogP contribution in [0.3, 0.4) is 0 Å². The molecule has 2 aromatic rings. The first-order valence-corrected chi connectivity index (χ1v) is 8.21. The van der Waals surface area contributed by atoms with Gasteiger partial charge in [0.25, 0.3) is 5.91 Å². The van der Waals surface area contributed by atoms with Crippen LogP contribution in [0.2, 0.25) is 0 Å². The van der Waals surface area contributed by atoms with Crippen LogP contribution in [0.1, 0.15) is 42.5 Å². The third-order valence-corrected chi connectivity index (χ3v) is 5.40. The summed E-state index contributed by atoms with van der Waals surface area (Å²) < 4.78 is 5.48. The first-order chi connectivity index (χ1) is 10.7. The van der Waals surface area contributed by atoms with Gasteiger partial charge in [-0.3, -0.25) is 4.79 Å². The molecule has 1 aromatic heterocycles. The molecule has 2 aliphatic heterocycles. The molecular formula is C18H22N2O2. The number of fused-ring (bicyclic) bond motifs is 3. The van der Waals surface area contributed by atoms with Gasteiger partial charge in [0.05, 0.1) is 11.8 Å². The smallest absolute Gasteiger partial charge is 0.255 e. The lowest BCUT2D eigenvalue weighted by atomic mass is 9.82. The third kappa shape index (κ3) is 2.31. The molecule has 3 heterocycles. The molecule has 2 atom stereocenters. The minimum absolute atomic E-state index is 0.00632. The molecular weight excluding hydrogens is 276 g/mol. The Balaban J connectivity index is 1.52. The maximum absolute atomic E-state index is 12.6. The molecule has 1 aromatic carbocycles. The topological polar surface area (TPSA) is 45.5 Å². The summed E-state index contributed by atoms with van der Waals surface area (Å²) in [5.74, 6) is -0.00632. The molecule has 4 nitrogen and oxygen atoms in total. The van der Waals surface area contributed by atoms with Crippen molar-refractivity contribution >= 4 is 16.9 Å². The van der Waals surface area contributed by atoms with Gasteiger partial charge in [0.15, 0.2) is 0 Å². The summed E-state index contributed by atoms with van der Waals surface area (Å²) in [6.45, 7) is 0. The highest BCUT2D eigenvalue weighted by molar-refractivity contribution is 6.04. The van der Waals surface area contributed by atoms with E-state index in [2.05, 4.69) is 17.3 Å². The standard InChI is InChI=1S/C18H22N2O2/c1-20-14-5-3-6-15(20)11-13(10-14)19-18(21)16-7-2-4-12-8-9-22-17(12)16/h2,4,7-9,13-15H,3,5-6,10-11H2,1H3,(H,19,21). The maximum atomic E-state index is 12.6. The van der Waals surface area contributed by atoms with E-state index in [1.54, 1.807) is 6.26 Å². The molecule has 0 radical (unpaired) electrons. The fourth-order valence-electron chi connectivity index (χ4n) is 4.17. The van der Waals surface area contributed by atoms with Crippen molar-refractivity contribution in [3.8, 4) is 0 Å². The number of rotatable bonds is 2. The zero-order chi connectivity index (χ0) is 15.1. The average Bonchev–Trinajstić information content (AvgIpc) is 2.96. The Bertz CT molecular complexity index is 679. The van der Waals surface area contributed by atoms with Gasteiger partial charge in [-0.05, 0) is 44.9 Å². The van der Waals surface area contributed by atoms with Gasteiger partial charge in [-0.1, -0.05) is 18.6 Å². The van der Waals surface area contributed by atoms with Gasteiger partial charge in [-0.15, -0.1) is 0 Å². The highest BCUT2D eigenvalue weighted by Crippen LogP contribution is 2.32. The van der Waals surface area contributed by atoms with Crippen molar-refractivity contribution in [1.29, 1.82) is 0 Å². The summed E-state index contributed by atoms with van der Waals surface area (Å²) in [4.78, 5) is 15.2. The molecule has 2 bridgehead atoms. The number of furan rings is 1. The lowest BCUT2D eigenvalue weighted by Crippen LogP contribution is -2.55. The highest BCUT2D eigenvalue weighted by Gasteiger charge is 2.36. The molecule has 0 saturated carbocycles. The first-order valence-electron chi connectivity index (χ1n) is 8.21. The van der Waals surface area contributed by atoms with E-state index >= 15 is 0 Å². The summed E-state index contributed by atoms with van der Waals surface area (Å²) in [6, 6.07) is 9.15. The summed E-state index contributed by atoms with van der Waals surface area (Å²) in [6.07, 6.45) is 7.60. The van der Waals surface area contributed by atoms with Crippen LogP contribution in [0.25, 0.3) is 11.0 Å². The van der Waals surface area contributed by atoms with Gasteiger partial charge >= 0.3 is 0 Å². The van der Waals surface area contributed by atoms with E-state index in [0.717, 1.165) is 18.2 Å². The fraction of sp³-hybridized carbons (Fsp3) is 0.500. The van der Waals surface area contributed by atoms with E-state index in [1.807, 2.05) is 24.3 Å². The summed E-state index contributed by atoms with van der Waals surface area (Å²) in [5, 5.41) is 4.22. The van der Waals surface area contributed by atoms with Crippen LogP contribution in [-0.4, -0.2) is 36.0 Å². The van der Waals surface area contributed by atoms with Gasteiger partial charge in [0.2, 0.25) is 0 Å². The minimum atomic E-state index is -0.00632. The van der Waals surface area contributed by atoms with Crippen LogP contribution in [0, 0.1) is 0 Å². The monoisotopic (exact) mass is 298 g/mol. The quantitative estimate of drug-likeness (QED) is 0.926. The molecule has 2 aliphatic rings. The summed E-state index contributed by atoms with van der Waals surface area (Å²) in [7, 11) is 2.23. The van der Waals surface area contributed by atoms with Crippen LogP contribution in [0.15, 0.2) is 34.9 Å². The van der Waals surface area contributed by atoms with Crippen LogP contribution in [-0.2, 0) is 0 Å². The Morgan fingerprint density at radius 1 is 1.23 bits per heavy atom. The number of hydrogen-bond donors (Lipinski definition) is 1. The van der Waals surface area contributed by atoms with E-state index in [9.17, 15) is 4.79 Å². The van der Waals surface area contributed by atoms with Gasteiger partial charge in [0, 0.05) is 23.5 Å². The van der Waals surface area contributed by atoms with Crippen LogP contribution in [0.5, 0.6) is 0 Å². The van der Waals surface area contributed by atoms with Crippen LogP contribution in [0.4, 0.5) is 0 Å². The van der Waals surface area contributed by atoms with Crippen molar-refractivity contribution in [3.63, 3.8) is 0 Å². The number of benzene rings is 1. The predicted molar refractivity (Wildman–Crippen MR) is 85.9 cm³/mol. The van der Waals surface area contributed by atoms with E-state index in [-0.39, 0.29) is 11.9 Å². The maximum Gasteiger partial charge on any atom is 0.255 e. The lowest BCUT2D eigenvalue weighted by Gasteiger charge is -2.47. The number of piperidine rings is 2. The zero-order valence-electron chi connectivity index (χ0n) is 12.9. The van der Waals surface area contributed by atoms with Crippen molar-refractivity contribution in [1.82, 2.24) is 10.2 Å². The highest BCUT2D eigenvalue weighted by atomic mass is 16.3. The second-order valence-electron chi connectivity index (χ2n) is 6.69. The second-order valence-corrected chi connectivity index (χ2v) is 6.69. The Morgan fingerprint density at radius 2 is 2.00 bits per heavy atom. The lowest BCUT2D eigenvalue weighted by molar-refractivity contribution is 0.0463. The first kappa shape index (κ1) is 13.8. The van der Waals surface area contributed by atoms with Crippen LogP contribution >= 0.6 is 0 Å². The number of nitrogens with zero attached hydrogens (tertiary/aromatic N) is 1. The molecule has 2 saturated heterocycles. The molecule has 1 N–H and O–H groups in total. The van der Waals surface area contributed by atoms with E-state index in [0.29, 0.717) is 23.2 Å². The summed E-state index contributed by atoms with van der Waals surface area (Å²) >= 11 is 0. The molecule has 2 fully saturated rings. The van der Waals surface area contributed by atoms with Gasteiger partial charge in [-0.2, -0.15) is 0 Å². The van der Waals surface area contributed by atoms with E-state index < -0.39 is 0 Å². The molecule has 4 rings (SSSR count). The van der Waals surface area contributed by atoms with Crippen molar-refractivity contribution in [2.75, 3.05) is 7.05 Å². The Morgan fingerprint density at radius 3 is 2.77 bits per heavy atom. The Hall–Kier alpha value is -1.81. The average molecular weight is 298 g/mol. The normalized spacial score (nSPS) is 28.7. The number of hydrogen-bond acceptors (Lipinski definition) is 3. The molecule has 116 valence electrons. The van der Waals surface area contributed by atoms with Crippen molar-refractivity contribution in [3.05, 3.63) is 36.1 Å². The fourth-order valence-corrected chi connectivity index (χ4v) is 4.17. The number of amides is 1. The SMILES string of the molecule is CN1C2CCCC1CC(NC(=O)c1cccc3ccoc13)C2. The number of carbonyl (C=O) groups is 1. The number of para-hydroxylation sites is 1. The number of carbonyl (C=O) groups excluding carboxylic acids is 1. The summed E-state index contributed by atoms with van der Waals surface area (Å²) in [5.41, 5.74) is 1.33. The Kier molecular flexibility index (Phi) is 3.41. The van der Waals surface area contributed by atoms with E-state index in [4.69, 9.17) is 4.42 Å². The number of nitrogens with one attached hydrogen (secondary N) is 1. The zero-order valence-corrected chi connectivity index (χ0v) is 12.9. The van der Waals surface area contributed by atoms with Crippen molar-refractivity contribution in [2.24, 2.45) is 0 Å². The minimum Gasteiger partial charge on any atom is -0.464 e. The molecule has 4 heteroatoms. The predicted octanol–water partition coefficient (Wildman–Crippen LogP) is 3.18. The van der Waals surface area contributed by atoms with E-state index in [1.165, 1.54) is 19.3 Å². The molecule has 1 amide bonds. The van der Waals surface area contributed by atoms with Crippen molar-refractivity contribution in [2.45, 2.75) is 50.2 Å². The molecule has 0 spiro atoms. The van der Waals surface area contributed by atoms with Gasteiger partial charge < -0.3 is 14.6 Å². The van der Waals surface area contributed by atoms with Gasteiger partial charge in [0.1, 0.15) is 5.58 Å². The largest absolute Gasteiger partial charge is 0.464 e.